The Hall–Kier alpha value is -3.61. The van der Waals surface area contributed by atoms with Crippen molar-refractivity contribution in [2.24, 2.45) is 0 Å². The average Bonchev–Trinajstić information content (AvgIpc) is 3.12. The summed E-state index contributed by atoms with van der Waals surface area (Å²) in [6, 6.07) is 15.2. The van der Waals surface area contributed by atoms with Crippen molar-refractivity contribution in [2.45, 2.75) is 6.54 Å². The molecule has 2 aromatic heterocycles. The lowest BCUT2D eigenvalue weighted by atomic mass is 10.2. The highest BCUT2D eigenvalue weighted by Crippen LogP contribution is 2.20. The monoisotopic (exact) mass is 364 g/mol. The molecule has 0 fully saturated rings. The first-order valence-corrected chi connectivity index (χ1v) is 8.24. The van der Waals surface area contributed by atoms with E-state index in [1.54, 1.807) is 47.0 Å². The number of carbonyl (C=O) groups is 1. The molecule has 0 aliphatic rings. The maximum Gasteiger partial charge on any atom is 0.255 e. The van der Waals surface area contributed by atoms with E-state index in [0.29, 0.717) is 22.6 Å². The smallest absolute Gasteiger partial charge is 0.255 e. The van der Waals surface area contributed by atoms with E-state index in [1.807, 2.05) is 0 Å². The van der Waals surface area contributed by atoms with Crippen LogP contribution in [0.4, 0.5) is 8.78 Å². The minimum atomic E-state index is -0.339. The molecule has 0 spiro atoms. The first-order chi connectivity index (χ1) is 13.1. The van der Waals surface area contributed by atoms with E-state index in [0.717, 1.165) is 5.56 Å². The molecular formula is C20H14F2N4O. The molecule has 0 aliphatic carbocycles. The lowest BCUT2D eigenvalue weighted by molar-refractivity contribution is 0.0952. The van der Waals surface area contributed by atoms with Gasteiger partial charge in [-0.3, -0.25) is 9.20 Å². The van der Waals surface area contributed by atoms with Crippen LogP contribution in [0.3, 0.4) is 0 Å². The van der Waals surface area contributed by atoms with Crippen molar-refractivity contribution in [3.63, 3.8) is 0 Å². The molecule has 1 N–H and O–H groups in total. The molecule has 0 atom stereocenters. The largest absolute Gasteiger partial charge is 0.348 e. The van der Waals surface area contributed by atoms with Gasteiger partial charge < -0.3 is 5.32 Å². The van der Waals surface area contributed by atoms with Crippen molar-refractivity contribution in [2.75, 3.05) is 0 Å². The Morgan fingerprint density at radius 3 is 2.30 bits per heavy atom. The van der Waals surface area contributed by atoms with Crippen LogP contribution in [-0.2, 0) is 6.54 Å². The van der Waals surface area contributed by atoms with Crippen LogP contribution in [0, 0.1) is 11.6 Å². The average molecular weight is 364 g/mol. The zero-order valence-corrected chi connectivity index (χ0v) is 14.1. The molecule has 4 rings (SSSR count). The van der Waals surface area contributed by atoms with E-state index >= 15 is 0 Å². The summed E-state index contributed by atoms with van der Waals surface area (Å²) in [7, 11) is 0. The standard InChI is InChI=1S/C20H14F2N4O/c21-15-7-3-13(4-8-15)12-23-20(27)17-2-1-11-26-18(24-25-19(17)26)14-5-9-16(22)10-6-14/h1-11H,12H2,(H,23,27). The normalized spacial score (nSPS) is 10.9. The number of amides is 1. The summed E-state index contributed by atoms with van der Waals surface area (Å²) in [5.74, 6) is -0.471. The first-order valence-electron chi connectivity index (χ1n) is 8.24. The van der Waals surface area contributed by atoms with Gasteiger partial charge in [0.15, 0.2) is 11.5 Å². The van der Waals surface area contributed by atoms with Crippen LogP contribution in [0.25, 0.3) is 17.0 Å². The lowest BCUT2D eigenvalue weighted by Gasteiger charge is -2.07. The van der Waals surface area contributed by atoms with Crippen LogP contribution >= 0.6 is 0 Å². The van der Waals surface area contributed by atoms with Gasteiger partial charge in [-0.25, -0.2) is 8.78 Å². The minimum absolute atomic E-state index is 0.263. The van der Waals surface area contributed by atoms with Gasteiger partial charge in [0.1, 0.15) is 11.6 Å². The Balaban J connectivity index is 1.61. The van der Waals surface area contributed by atoms with E-state index in [9.17, 15) is 13.6 Å². The fourth-order valence-electron chi connectivity index (χ4n) is 2.77. The number of hydrogen-bond donors (Lipinski definition) is 1. The zero-order valence-electron chi connectivity index (χ0n) is 14.1. The molecule has 1 amide bonds. The number of nitrogens with zero attached hydrogens (tertiary/aromatic N) is 3. The third-order valence-corrected chi connectivity index (χ3v) is 4.15. The van der Waals surface area contributed by atoms with E-state index in [4.69, 9.17) is 0 Å². The van der Waals surface area contributed by atoms with Crippen LogP contribution in [0.5, 0.6) is 0 Å². The molecule has 0 unspecified atom stereocenters. The summed E-state index contributed by atoms with van der Waals surface area (Å²) < 4.78 is 27.8. The molecule has 0 saturated carbocycles. The molecule has 27 heavy (non-hydrogen) atoms. The molecule has 134 valence electrons. The second-order valence-corrected chi connectivity index (χ2v) is 5.96. The third-order valence-electron chi connectivity index (χ3n) is 4.15. The number of benzene rings is 2. The second kappa shape index (κ2) is 6.95. The predicted octanol–water partition coefficient (Wildman–Crippen LogP) is 3.60. The number of aromatic nitrogens is 3. The van der Waals surface area contributed by atoms with Crippen molar-refractivity contribution in [3.8, 4) is 11.4 Å². The van der Waals surface area contributed by atoms with Gasteiger partial charge in [-0.2, -0.15) is 0 Å². The minimum Gasteiger partial charge on any atom is -0.348 e. The van der Waals surface area contributed by atoms with Gasteiger partial charge in [-0.05, 0) is 54.1 Å². The number of hydrogen-bond acceptors (Lipinski definition) is 3. The highest BCUT2D eigenvalue weighted by Gasteiger charge is 2.15. The molecule has 0 saturated heterocycles. The molecule has 0 aliphatic heterocycles. The molecule has 2 aromatic carbocycles. The highest BCUT2D eigenvalue weighted by atomic mass is 19.1. The highest BCUT2D eigenvalue weighted by molar-refractivity contribution is 5.99. The van der Waals surface area contributed by atoms with Gasteiger partial charge in [0, 0.05) is 18.3 Å². The second-order valence-electron chi connectivity index (χ2n) is 5.96. The summed E-state index contributed by atoms with van der Waals surface area (Å²) in [6.07, 6.45) is 1.74. The number of halogens is 2. The van der Waals surface area contributed by atoms with Gasteiger partial charge in [0.2, 0.25) is 0 Å². The van der Waals surface area contributed by atoms with Crippen LogP contribution < -0.4 is 5.32 Å². The zero-order chi connectivity index (χ0) is 18.8. The van der Waals surface area contributed by atoms with E-state index < -0.39 is 0 Å². The quantitative estimate of drug-likeness (QED) is 0.602. The topological polar surface area (TPSA) is 59.3 Å². The molecule has 2 heterocycles. The van der Waals surface area contributed by atoms with Gasteiger partial charge in [0.05, 0.1) is 5.56 Å². The van der Waals surface area contributed by atoms with Gasteiger partial charge in [0.25, 0.3) is 5.91 Å². The van der Waals surface area contributed by atoms with Crippen molar-refractivity contribution in [1.82, 2.24) is 19.9 Å². The van der Waals surface area contributed by atoms with Crippen molar-refractivity contribution in [3.05, 3.63) is 89.6 Å². The van der Waals surface area contributed by atoms with Crippen LogP contribution in [-0.4, -0.2) is 20.5 Å². The molecule has 0 radical (unpaired) electrons. The van der Waals surface area contributed by atoms with Crippen molar-refractivity contribution in [1.29, 1.82) is 0 Å². The first kappa shape index (κ1) is 16.8. The Kier molecular flexibility index (Phi) is 4.33. The van der Waals surface area contributed by atoms with Crippen LogP contribution in [0.2, 0.25) is 0 Å². The van der Waals surface area contributed by atoms with E-state index in [2.05, 4.69) is 15.5 Å². The molecule has 4 aromatic rings. The summed E-state index contributed by atoms with van der Waals surface area (Å²) in [5.41, 5.74) is 2.23. The summed E-state index contributed by atoms with van der Waals surface area (Å²) >= 11 is 0. The number of carbonyl (C=O) groups excluding carboxylic acids is 1. The Bertz CT molecular complexity index is 1110. The molecule has 7 heteroatoms. The predicted molar refractivity (Wildman–Crippen MR) is 96.0 cm³/mol. The van der Waals surface area contributed by atoms with Gasteiger partial charge in [-0.15, -0.1) is 10.2 Å². The van der Waals surface area contributed by atoms with Gasteiger partial charge >= 0.3 is 0 Å². The summed E-state index contributed by atoms with van der Waals surface area (Å²) in [4.78, 5) is 12.6. The molecular weight excluding hydrogens is 350 g/mol. The summed E-state index contributed by atoms with van der Waals surface area (Å²) in [6.45, 7) is 0.263. The van der Waals surface area contributed by atoms with Crippen molar-refractivity contribution >= 4 is 11.6 Å². The Morgan fingerprint density at radius 2 is 1.59 bits per heavy atom. The maximum atomic E-state index is 13.1. The fourth-order valence-corrected chi connectivity index (χ4v) is 2.77. The van der Waals surface area contributed by atoms with E-state index in [1.165, 1.54) is 24.3 Å². The number of rotatable bonds is 4. The van der Waals surface area contributed by atoms with Crippen LogP contribution in [0.15, 0.2) is 66.9 Å². The van der Waals surface area contributed by atoms with Crippen molar-refractivity contribution < 1.29 is 13.6 Å². The molecule has 5 nitrogen and oxygen atoms in total. The van der Waals surface area contributed by atoms with E-state index in [-0.39, 0.29) is 24.1 Å². The van der Waals surface area contributed by atoms with Gasteiger partial charge in [-0.1, -0.05) is 12.1 Å². The Labute approximate surface area is 153 Å². The third kappa shape index (κ3) is 3.39. The lowest BCUT2D eigenvalue weighted by Crippen LogP contribution is -2.23. The number of nitrogens with one attached hydrogen (secondary N) is 1. The van der Waals surface area contributed by atoms with Crippen LogP contribution in [0.1, 0.15) is 15.9 Å². The summed E-state index contributed by atoms with van der Waals surface area (Å²) in [5, 5.41) is 11.0. The SMILES string of the molecule is O=C(NCc1ccc(F)cc1)c1cccn2c(-c3ccc(F)cc3)nnc12. The maximum absolute atomic E-state index is 13.1. The molecule has 0 bridgehead atoms. The fraction of sp³-hybridized carbons (Fsp3) is 0.0500. The number of pyridine rings is 1. The number of fused-ring (bicyclic) bond motifs is 1. The Morgan fingerprint density at radius 1 is 0.926 bits per heavy atom.